The second-order valence-electron chi connectivity index (χ2n) is 12.9. The van der Waals surface area contributed by atoms with E-state index in [1.807, 2.05) is 72.8 Å². The number of benzene rings is 5. The van der Waals surface area contributed by atoms with E-state index in [-0.39, 0.29) is 23.4 Å². The van der Waals surface area contributed by atoms with Crippen molar-refractivity contribution in [2.75, 3.05) is 10.6 Å². The monoisotopic (exact) mass is 687 g/mol. The lowest BCUT2D eigenvalue weighted by Crippen LogP contribution is -2.12. The van der Waals surface area contributed by atoms with Crippen LogP contribution in [-0.2, 0) is 0 Å². The number of amides is 2. The Morgan fingerprint density at radius 2 is 0.885 bits per heavy atom. The fraction of sp³-hybridized carbons (Fsp3) is 0.133. The largest absolute Gasteiger partial charge is 0.322 e. The summed E-state index contributed by atoms with van der Waals surface area (Å²) in [6.45, 7) is 8.37. The number of carbonyl (C=O) groups is 4. The molecule has 0 atom stereocenters. The Labute approximate surface area is 304 Å². The van der Waals surface area contributed by atoms with Gasteiger partial charge < -0.3 is 10.6 Å². The number of hydrogen-bond acceptors (Lipinski definition) is 5. The van der Waals surface area contributed by atoms with E-state index >= 15 is 0 Å². The topological polar surface area (TPSA) is 105 Å². The minimum Gasteiger partial charge on any atom is -0.322 e. The number of nitrogens with one attached hydrogen (secondary N) is 2. The highest BCUT2D eigenvalue weighted by Crippen LogP contribution is 2.20. The quantitative estimate of drug-likeness (QED) is 0.140. The molecule has 2 N–H and O–H groups in total. The molecule has 5 aromatic carbocycles. The van der Waals surface area contributed by atoms with Crippen molar-refractivity contribution in [1.82, 2.24) is 4.98 Å². The first-order valence-electron chi connectivity index (χ1n) is 17.2. The zero-order valence-corrected chi connectivity index (χ0v) is 29.7. The molecule has 2 amide bonds. The molecule has 6 rings (SSSR count). The van der Waals surface area contributed by atoms with Gasteiger partial charge in [0.1, 0.15) is 0 Å². The van der Waals surface area contributed by atoms with Gasteiger partial charge in [0, 0.05) is 44.8 Å². The van der Waals surface area contributed by atoms with Gasteiger partial charge in [-0.3, -0.25) is 24.2 Å². The summed E-state index contributed by atoms with van der Waals surface area (Å²) in [6, 6.07) is 43.1. The summed E-state index contributed by atoms with van der Waals surface area (Å²) in [5, 5.41) is 5.73. The van der Waals surface area contributed by atoms with Gasteiger partial charge in [0.15, 0.2) is 11.6 Å². The second kappa shape index (κ2) is 17.5. The van der Waals surface area contributed by atoms with Crippen LogP contribution < -0.4 is 10.6 Å². The number of aromatic nitrogens is 1. The first-order valence-corrected chi connectivity index (χ1v) is 17.2. The molecule has 0 aliphatic rings. The van der Waals surface area contributed by atoms with Crippen molar-refractivity contribution in [3.63, 3.8) is 0 Å². The average Bonchev–Trinajstić information content (AvgIpc) is 3.18. The maximum absolute atomic E-state index is 12.5. The van der Waals surface area contributed by atoms with E-state index in [0.29, 0.717) is 50.9 Å². The Balaban J connectivity index is 0.000000201. The van der Waals surface area contributed by atoms with Crippen LogP contribution in [0.5, 0.6) is 0 Å². The minimum atomic E-state index is -0.234. The van der Waals surface area contributed by atoms with E-state index in [4.69, 9.17) is 0 Å². The molecule has 0 saturated carbocycles. The zero-order valence-electron chi connectivity index (χ0n) is 29.7. The Morgan fingerprint density at radius 1 is 0.442 bits per heavy atom. The van der Waals surface area contributed by atoms with E-state index in [9.17, 15) is 19.2 Å². The van der Waals surface area contributed by atoms with Gasteiger partial charge in [0.2, 0.25) is 0 Å². The fourth-order valence-electron chi connectivity index (χ4n) is 5.26. The van der Waals surface area contributed by atoms with Crippen LogP contribution in [0.4, 0.5) is 11.4 Å². The van der Waals surface area contributed by atoms with Crippen molar-refractivity contribution in [1.29, 1.82) is 0 Å². The number of carbonyl (C=O) groups excluding carboxylic acids is 4. The van der Waals surface area contributed by atoms with E-state index in [1.54, 1.807) is 79.0 Å². The molecule has 6 aromatic rings. The number of pyridine rings is 1. The van der Waals surface area contributed by atoms with Gasteiger partial charge in [-0.2, -0.15) is 0 Å². The smallest absolute Gasteiger partial charge is 0.255 e. The molecular formula is C45H41N3O4. The standard InChI is InChI=1S/C23H21NO2.C22H20N2O2/c1-16(2)20-9-6-10-21(15-20)24-23(26)19-13-11-18(12-14-19)22(25)17-7-4-3-5-8-17;1-15(2)20-13-12-19(14-23-20)24-22(26)18-10-8-17(9-11-18)21(25)16-6-4-3-5-7-16/h3-16H,1-2H3,(H,24,26);3-15H,1-2H3,(H,24,26). The summed E-state index contributed by atoms with van der Waals surface area (Å²) in [5.74, 6) is 0.199. The molecule has 0 saturated heterocycles. The van der Waals surface area contributed by atoms with Crippen LogP contribution in [-0.4, -0.2) is 28.4 Å². The van der Waals surface area contributed by atoms with Gasteiger partial charge in [0.05, 0.1) is 11.9 Å². The second-order valence-corrected chi connectivity index (χ2v) is 12.9. The van der Waals surface area contributed by atoms with Crippen molar-refractivity contribution >= 4 is 34.8 Å². The first-order chi connectivity index (χ1) is 25.1. The van der Waals surface area contributed by atoms with Crippen LogP contribution in [0.3, 0.4) is 0 Å². The van der Waals surface area contributed by atoms with Crippen LogP contribution in [0.1, 0.15) is 103 Å². The summed E-state index contributed by atoms with van der Waals surface area (Å²) < 4.78 is 0. The number of ketones is 2. The van der Waals surface area contributed by atoms with E-state index in [0.717, 1.165) is 11.4 Å². The molecule has 7 heteroatoms. The third kappa shape index (κ3) is 9.82. The molecule has 1 aromatic heterocycles. The number of nitrogens with zero attached hydrogens (tertiary/aromatic N) is 1. The van der Waals surface area contributed by atoms with Gasteiger partial charge in [-0.25, -0.2) is 0 Å². The van der Waals surface area contributed by atoms with E-state index in [1.165, 1.54) is 5.56 Å². The number of hydrogen-bond donors (Lipinski definition) is 2. The lowest BCUT2D eigenvalue weighted by Gasteiger charge is -2.10. The van der Waals surface area contributed by atoms with Crippen molar-refractivity contribution in [2.45, 2.75) is 39.5 Å². The highest BCUT2D eigenvalue weighted by atomic mass is 16.2. The van der Waals surface area contributed by atoms with Crippen LogP contribution in [0, 0.1) is 0 Å². The molecule has 7 nitrogen and oxygen atoms in total. The average molecular weight is 688 g/mol. The highest BCUT2D eigenvalue weighted by molar-refractivity contribution is 6.11. The Morgan fingerprint density at radius 3 is 1.31 bits per heavy atom. The van der Waals surface area contributed by atoms with Gasteiger partial charge in [-0.05, 0) is 65.9 Å². The highest BCUT2D eigenvalue weighted by Gasteiger charge is 2.13. The maximum atomic E-state index is 12.5. The molecule has 0 unspecified atom stereocenters. The van der Waals surface area contributed by atoms with Crippen LogP contribution in [0.2, 0.25) is 0 Å². The van der Waals surface area contributed by atoms with Crippen LogP contribution >= 0.6 is 0 Å². The van der Waals surface area contributed by atoms with Gasteiger partial charge >= 0.3 is 0 Å². The Bertz CT molecular complexity index is 2120. The Kier molecular flexibility index (Phi) is 12.4. The number of anilines is 2. The molecular weight excluding hydrogens is 647 g/mol. The third-order valence-electron chi connectivity index (χ3n) is 8.34. The van der Waals surface area contributed by atoms with E-state index in [2.05, 4.69) is 43.3 Å². The molecule has 0 fully saturated rings. The number of rotatable bonds is 10. The molecule has 1 heterocycles. The molecule has 260 valence electrons. The summed E-state index contributed by atoms with van der Waals surface area (Å²) >= 11 is 0. The molecule has 52 heavy (non-hydrogen) atoms. The lowest BCUT2D eigenvalue weighted by molar-refractivity contribution is 0.101. The molecule has 0 radical (unpaired) electrons. The van der Waals surface area contributed by atoms with Crippen molar-refractivity contribution < 1.29 is 19.2 Å². The third-order valence-corrected chi connectivity index (χ3v) is 8.34. The zero-order chi connectivity index (χ0) is 37.0. The molecule has 0 aliphatic carbocycles. The van der Waals surface area contributed by atoms with E-state index < -0.39 is 0 Å². The van der Waals surface area contributed by atoms with Crippen LogP contribution in [0.25, 0.3) is 0 Å². The van der Waals surface area contributed by atoms with Crippen molar-refractivity contribution in [2.24, 2.45) is 0 Å². The van der Waals surface area contributed by atoms with Crippen molar-refractivity contribution in [3.05, 3.63) is 196 Å². The fourth-order valence-corrected chi connectivity index (χ4v) is 5.26. The van der Waals surface area contributed by atoms with Gasteiger partial charge in [0.25, 0.3) is 11.8 Å². The predicted octanol–water partition coefficient (Wildman–Crippen LogP) is 9.98. The minimum absolute atomic E-state index is 0.0535. The lowest BCUT2D eigenvalue weighted by atomic mass is 10.0. The normalized spacial score (nSPS) is 10.6. The maximum Gasteiger partial charge on any atom is 0.255 e. The summed E-state index contributed by atoms with van der Waals surface area (Å²) in [4.78, 5) is 54.0. The molecule has 0 aliphatic heterocycles. The molecule has 0 bridgehead atoms. The van der Waals surface area contributed by atoms with Gasteiger partial charge in [-0.1, -0.05) is 125 Å². The first kappa shape index (κ1) is 36.8. The van der Waals surface area contributed by atoms with Crippen molar-refractivity contribution in [3.8, 4) is 0 Å². The SMILES string of the molecule is CC(C)c1ccc(NC(=O)c2ccc(C(=O)c3ccccc3)cc2)cn1.CC(C)c1cccc(NC(=O)c2ccc(C(=O)c3ccccc3)cc2)c1. The summed E-state index contributed by atoms with van der Waals surface area (Å²) in [7, 11) is 0. The van der Waals surface area contributed by atoms with Crippen LogP contribution in [0.15, 0.2) is 152 Å². The van der Waals surface area contributed by atoms with Gasteiger partial charge in [-0.15, -0.1) is 0 Å². The predicted molar refractivity (Wildman–Crippen MR) is 207 cm³/mol. The summed E-state index contributed by atoms with van der Waals surface area (Å²) in [6.07, 6.45) is 1.65. The molecule has 0 spiro atoms. The Hall–Kier alpha value is -6.47. The summed E-state index contributed by atoms with van der Waals surface area (Å²) in [5.41, 5.74) is 6.95.